The molecule has 0 saturated carbocycles. The Balaban J connectivity index is 1.36. The molecular weight excluding hydrogens is 526 g/mol. The van der Waals surface area contributed by atoms with E-state index in [9.17, 15) is 14.4 Å². The maximum atomic E-state index is 13.8. The standard InChI is InChI=1S/C32H27NO6S/c1-19-28(32(36)38-14-13-37-21-8-3-2-4-9-21)29(23-18-39-26-11-6-5-10-22(26)31(23)35)30-24(33-19)16-20(17-25(30)34)27-12-7-15-40-27/h2-12,15,18,20,29,33H,13-14,16-17H2,1H3/t20-,29-/m1/s1. The van der Waals surface area contributed by atoms with Crippen LogP contribution < -0.4 is 15.5 Å². The first-order chi connectivity index (χ1) is 19.5. The molecule has 2 atom stereocenters. The zero-order valence-electron chi connectivity index (χ0n) is 21.8. The van der Waals surface area contributed by atoms with E-state index in [1.54, 1.807) is 42.5 Å². The van der Waals surface area contributed by atoms with Gasteiger partial charge in [-0.05, 0) is 49.1 Å². The summed E-state index contributed by atoms with van der Waals surface area (Å²) in [6, 6.07) is 20.2. The maximum Gasteiger partial charge on any atom is 0.336 e. The molecule has 1 aliphatic carbocycles. The Labute approximate surface area is 234 Å². The molecule has 0 fully saturated rings. The van der Waals surface area contributed by atoms with E-state index in [4.69, 9.17) is 13.9 Å². The van der Waals surface area contributed by atoms with Crippen molar-refractivity contribution in [3.63, 3.8) is 0 Å². The number of dihydropyridines is 1. The van der Waals surface area contributed by atoms with Crippen LogP contribution in [0.3, 0.4) is 0 Å². The predicted molar refractivity (Wildman–Crippen MR) is 152 cm³/mol. The molecule has 2 aliphatic rings. The zero-order valence-corrected chi connectivity index (χ0v) is 22.7. The zero-order chi connectivity index (χ0) is 27.6. The Morgan fingerprint density at radius 2 is 1.80 bits per heavy atom. The lowest BCUT2D eigenvalue weighted by molar-refractivity contribution is -0.140. The van der Waals surface area contributed by atoms with Crippen LogP contribution in [-0.2, 0) is 14.3 Å². The van der Waals surface area contributed by atoms with Crippen molar-refractivity contribution >= 4 is 34.1 Å². The first-order valence-electron chi connectivity index (χ1n) is 13.1. The molecule has 40 heavy (non-hydrogen) atoms. The first kappa shape index (κ1) is 25.8. The van der Waals surface area contributed by atoms with Crippen LogP contribution in [0.1, 0.15) is 42.0 Å². The van der Waals surface area contributed by atoms with E-state index >= 15 is 0 Å². The first-order valence-corrected chi connectivity index (χ1v) is 14.0. The van der Waals surface area contributed by atoms with Crippen LogP contribution in [0.2, 0.25) is 0 Å². The number of carbonyl (C=O) groups is 2. The highest BCUT2D eigenvalue weighted by molar-refractivity contribution is 7.10. The molecule has 1 aliphatic heterocycles. The van der Waals surface area contributed by atoms with Gasteiger partial charge in [-0.25, -0.2) is 4.79 Å². The van der Waals surface area contributed by atoms with Crippen molar-refractivity contribution in [2.24, 2.45) is 0 Å². The summed E-state index contributed by atoms with van der Waals surface area (Å²) in [5.41, 5.74) is 2.33. The molecule has 8 heteroatoms. The fourth-order valence-corrected chi connectivity index (χ4v) is 6.36. The second-order valence-corrected chi connectivity index (χ2v) is 10.8. The number of ketones is 1. The van der Waals surface area contributed by atoms with Crippen LogP contribution in [0.5, 0.6) is 5.75 Å². The number of esters is 1. The van der Waals surface area contributed by atoms with Crippen LogP contribution in [0.4, 0.5) is 0 Å². The highest BCUT2D eigenvalue weighted by Gasteiger charge is 2.43. The van der Waals surface area contributed by atoms with Crippen molar-refractivity contribution in [1.29, 1.82) is 0 Å². The summed E-state index contributed by atoms with van der Waals surface area (Å²) in [6.07, 6.45) is 2.27. The smallest absolute Gasteiger partial charge is 0.336 e. The summed E-state index contributed by atoms with van der Waals surface area (Å²) in [4.78, 5) is 42.2. The average Bonchev–Trinajstić information content (AvgIpc) is 3.51. The van der Waals surface area contributed by atoms with Gasteiger partial charge in [0.2, 0.25) is 0 Å². The molecule has 0 unspecified atom stereocenters. The lowest BCUT2D eigenvalue weighted by Crippen LogP contribution is -2.37. The van der Waals surface area contributed by atoms with Crippen LogP contribution in [0.15, 0.2) is 110 Å². The lowest BCUT2D eigenvalue weighted by Gasteiger charge is -2.36. The summed E-state index contributed by atoms with van der Waals surface area (Å²) in [5, 5.41) is 5.72. The lowest BCUT2D eigenvalue weighted by atomic mass is 9.73. The number of thiophene rings is 1. The van der Waals surface area contributed by atoms with Crippen LogP contribution in [0, 0.1) is 0 Å². The van der Waals surface area contributed by atoms with Crippen molar-refractivity contribution in [3.8, 4) is 5.75 Å². The van der Waals surface area contributed by atoms with E-state index in [2.05, 4.69) is 5.32 Å². The SMILES string of the molecule is CC1=C(C(=O)OCCOc2ccccc2)[C@@H](c2coc3ccccc3c2=O)C2=C(C[C@@H](c3cccs3)CC2=O)N1. The third-order valence-electron chi connectivity index (χ3n) is 7.34. The fraction of sp³-hybridized carbons (Fsp3) is 0.219. The van der Waals surface area contributed by atoms with Gasteiger partial charge in [-0.2, -0.15) is 0 Å². The Morgan fingerprint density at radius 3 is 2.60 bits per heavy atom. The number of fused-ring (bicyclic) bond motifs is 1. The monoisotopic (exact) mass is 553 g/mol. The molecule has 4 aromatic rings. The Morgan fingerprint density at radius 1 is 1.00 bits per heavy atom. The van der Waals surface area contributed by atoms with E-state index in [-0.39, 0.29) is 41.5 Å². The minimum absolute atomic E-state index is 0.00383. The van der Waals surface area contributed by atoms with E-state index in [1.165, 1.54) is 6.26 Å². The van der Waals surface area contributed by atoms with Crippen LogP contribution in [0.25, 0.3) is 11.0 Å². The maximum absolute atomic E-state index is 13.8. The molecule has 1 N–H and O–H groups in total. The van der Waals surface area contributed by atoms with Gasteiger partial charge in [-0.15, -0.1) is 11.3 Å². The number of para-hydroxylation sites is 2. The quantitative estimate of drug-likeness (QED) is 0.227. The van der Waals surface area contributed by atoms with Gasteiger partial charge in [0.05, 0.1) is 23.1 Å². The number of allylic oxidation sites excluding steroid dienone is 3. The molecule has 0 amide bonds. The number of benzene rings is 2. The van der Waals surface area contributed by atoms with Gasteiger partial charge in [0.15, 0.2) is 11.2 Å². The summed E-state index contributed by atoms with van der Waals surface area (Å²) >= 11 is 1.62. The van der Waals surface area contributed by atoms with Crippen molar-refractivity contribution in [3.05, 3.63) is 122 Å². The molecule has 6 rings (SSSR count). The van der Waals surface area contributed by atoms with Gasteiger partial charge in [0, 0.05) is 39.7 Å². The number of hydrogen-bond acceptors (Lipinski definition) is 8. The largest absolute Gasteiger partial charge is 0.490 e. The normalized spacial score (nSPS) is 18.9. The van der Waals surface area contributed by atoms with Crippen LogP contribution >= 0.6 is 11.3 Å². The summed E-state index contributed by atoms with van der Waals surface area (Å²) in [5.74, 6) is -0.919. The third kappa shape index (κ3) is 4.86. The van der Waals surface area contributed by atoms with Crippen molar-refractivity contribution in [2.45, 2.75) is 31.6 Å². The number of nitrogens with one attached hydrogen (secondary N) is 1. The molecule has 7 nitrogen and oxygen atoms in total. The second kappa shape index (κ2) is 11.0. The van der Waals surface area contributed by atoms with Gasteiger partial charge in [-0.3, -0.25) is 9.59 Å². The number of ether oxygens (including phenoxy) is 2. The molecule has 2 aromatic carbocycles. The molecule has 0 radical (unpaired) electrons. The Hall–Kier alpha value is -4.43. The van der Waals surface area contributed by atoms with Crippen molar-refractivity contribution in [1.82, 2.24) is 5.32 Å². The minimum Gasteiger partial charge on any atom is -0.490 e. The topological polar surface area (TPSA) is 94.8 Å². The van der Waals surface area contributed by atoms with Gasteiger partial charge in [0.1, 0.15) is 24.5 Å². The highest BCUT2D eigenvalue weighted by atomic mass is 32.1. The number of rotatable bonds is 7. The van der Waals surface area contributed by atoms with Gasteiger partial charge >= 0.3 is 5.97 Å². The number of Topliss-reactive ketones (excluding diaryl/α,β-unsaturated/α-hetero) is 1. The highest BCUT2D eigenvalue weighted by Crippen LogP contribution is 2.45. The Kier molecular flexibility index (Phi) is 7.09. The van der Waals surface area contributed by atoms with Crippen molar-refractivity contribution < 1.29 is 23.5 Å². The predicted octanol–water partition coefficient (Wildman–Crippen LogP) is 5.84. The summed E-state index contributed by atoms with van der Waals surface area (Å²) in [7, 11) is 0. The summed E-state index contributed by atoms with van der Waals surface area (Å²) < 4.78 is 17.1. The Bertz CT molecular complexity index is 1700. The van der Waals surface area contributed by atoms with E-state index in [1.807, 2.05) is 47.8 Å². The second-order valence-electron chi connectivity index (χ2n) is 9.85. The molecule has 202 valence electrons. The van der Waals surface area contributed by atoms with E-state index in [0.717, 1.165) is 10.6 Å². The fourth-order valence-electron chi connectivity index (χ4n) is 5.53. The van der Waals surface area contributed by atoms with Gasteiger partial charge in [0.25, 0.3) is 0 Å². The van der Waals surface area contributed by atoms with E-state index < -0.39 is 11.9 Å². The van der Waals surface area contributed by atoms with Crippen LogP contribution in [-0.4, -0.2) is 25.0 Å². The van der Waals surface area contributed by atoms with Crippen molar-refractivity contribution in [2.75, 3.05) is 13.2 Å². The molecule has 0 spiro atoms. The molecule has 0 bridgehead atoms. The molecule has 2 aromatic heterocycles. The number of carbonyl (C=O) groups excluding carboxylic acids is 2. The molecule has 0 saturated heterocycles. The van der Waals surface area contributed by atoms with Gasteiger partial charge in [-0.1, -0.05) is 36.4 Å². The molecule has 3 heterocycles. The molecular formula is C32H27NO6S. The minimum atomic E-state index is -0.906. The summed E-state index contributed by atoms with van der Waals surface area (Å²) in [6.45, 7) is 1.94. The third-order valence-corrected chi connectivity index (χ3v) is 8.37. The van der Waals surface area contributed by atoms with Gasteiger partial charge < -0.3 is 19.2 Å². The van der Waals surface area contributed by atoms with E-state index in [0.29, 0.717) is 40.8 Å². The number of hydrogen-bond donors (Lipinski definition) is 1. The average molecular weight is 554 g/mol.